The first-order valence-electron chi connectivity index (χ1n) is 7.48. The van der Waals surface area contributed by atoms with E-state index in [-0.39, 0.29) is 24.5 Å². The van der Waals surface area contributed by atoms with Crippen LogP contribution in [0.5, 0.6) is 0 Å². The summed E-state index contributed by atoms with van der Waals surface area (Å²) in [7, 11) is 0. The molecule has 0 radical (unpaired) electrons. The molecular formula is C17H11ClF2N4S. The van der Waals surface area contributed by atoms with Gasteiger partial charge in [-0.2, -0.15) is 9.61 Å². The summed E-state index contributed by atoms with van der Waals surface area (Å²) in [6, 6.07) is 11.1. The normalized spacial score (nSPS) is 11.3. The fourth-order valence-corrected chi connectivity index (χ4v) is 3.64. The van der Waals surface area contributed by atoms with Crippen LogP contribution >= 0.6 is 22.9 Å². The van der Waals surface area contributed by atoms with Gasteiger partial charge in [0.1, 0.15) is 16.6 Å². The van der Waals surface area contributed by atoms with Crippen LogP contribution in [-0.2, 0) is 12.8 Å². The monoisotopic (exact) mass is 376 g/mol. The topological polar surface area (TPSA) is 43.1 Å². The van der Waals surface area contributed by atoms with Crippen LogP contribution in [0.3, 0.4) is 0 Å². The maximum absolute atomic E-state index is 13.9. The Morgan fingerprint density at radius 2 is 1.76 bits per heavy atom. The van der Waals surface area contributed by atoms with Crippen LogP contribution in [0, 0.1) is 11.6 Å². The molecule has 0 N–H and O–H groups in total. The fraction of sp³-hybridized carbons (Fsp3) is 0.118. The summed E-state index contributed by atoms with van der Waals surface area (Å²) in [6.07, 6.45) is 0.538. The van der Waals surface area contributed by atoms with Gasteiger partial charge in [0.2, 0.25) is 4.96 Å². The van der Waals surface area contributed by atoms with Gasteiger partial charge in [-0.3, -0.25) is 0 Å². The Balaban J connectivity index is 1.66. The van der Waals surface area contributed by atoms with Gasteiger partial charge >= 0.3 is 0 Å². The predicted molar refractivity (Wildman–Crippen MR) is 92.1 cm³/mol. The molecule has 0 fully saturated rings. The van der Waals surface area contributed by atoms with Gasteiger partial charge in [-0.1, -0.05) is 47.2 Å². The van der Waals surface area contributed by atoms with E-state index in [1.165, 1.54) is 23.5 Å². The van der Waals surface area contributed by atoms with E-state index in [4.69, 9.17) is 11.6 Å². The highest BCUT2D eigenvalue weighted by Crippen LogP contribution is 2.25. The zero-order valence-corrected chi connectivity index (χ0v) is 14.4. The predicted octanol–water partition coefficient (Wildman–Crippen LogP) is 4.30. The van der Waals surface area contributed by atoms with Crippen LogP contribution in [-0.4, -0.2) is 19.8 Å². The Morgan fingerprint density at radius 3 is 2.56 bits per heavy atom. The van der Waals surface area contributed by atoms with Crippen LogP contribution in [0.15, 0.2) is 42.5 Å². The lowest BCUT2D eigenvalue weighted by molar-refractivity contribution is 0.610. The van der Waals surface area contributed by atoms with Crippen LogP contribution in [0.25, 0.3) is 4.96 Å². The molecule has 0 aliphatic carbocycles. The zero-order chi connectivity index (χ0) is 17.4. The molecule has 25 heavy (non-hydrogen) atoms. The molecule has 0 atom stereocenters. The molecule has 0 saturated carbocycles. The second-order valence-corrected chi connectivity index (χ2v) is 6.90. The lowest BCUT2D eigenvalue weighted by Crippen LogP contribution is -2.01. The Morgan fingerprint density at radius 1 is 0.960 bits per heavy atom. The number of hydrogen-bond acceptors (Lipinski definition) is 4. The third-order valence-electron chi connectivity index (χ3n) is 3.79. The minimum Gasteiger partial charge on any atom is -0.207 e. The number of fused-ring (bicyclic) bond motifs is 1. The fourth-order valence-electron chi connectivity index (χ4n) is 2.54. The first-order valence-corrected chi connectivity index (χ1v) is 8.67. The minimum absolute atomic E-state index is 0.263. The van der Waals surface area contributed by atoms with Gasteiger partial charge < -0.3 is 0 Å². The molecule has 8 heteroatoms. The van der Waals surface area contributed by atoms with Crippen molar-refractivity contribution in [3.8, 4) is 0 Å². The molecule has 0 aliphatic heterocycles. The molecule has 0 bridgehead atoms. The summed E-state index contributed by atoms with van der Waals surface area (Å²) >= 11 is 7.37. The van der Waals surface area contributed by atoms with Crippen LogP contribution in [0.2, 0.25) is 5.02 Å². The van der Waals surface area contributed by atoms with Gasteiger partial charge in [0.05, 0.1) is 0 Å². The lowest BCUT2D eigenvalue weighted by Gasteiger charge is -2.02. The van der Waals surface area contributed by atoms with Gasteiger partial charge in [-0.15, -0.1) is 10.2 Å². The van der Waals surface area contributed by atoms with Crippen LogP contribution in [0.4, 0.5) is 8.78 Å². The average Bonchev–Trinajstić information content (AvgIpc) is 3.15. The van der Waals surface area contributed by atoms with E-state index in [0.29, 0.717) is 31.9 Å². The third kappa shape index (κ3) is 3.12. The van der Waals surface area contributed by atoms with E-state index in [0.717, 1.165) is 0 Å². The van der Waals surface area contributed by atoms with Gasteiger partial charge in [0, 0.05) is 23.4 Å². The molecule has 0 amide bonds. The first kappa shape index (κ1) is 16.1. The second-order valence-electron chi connectivity index (χ2n) is 5.45. The molecule has 0 spiro atoms. The largest absolute Gasteiger partial charge is 0.234 e. The molecule has 0 saturated heterocycles. The molecule has 0 aliphatic rings. The van der Waals surface area contributed by atoms with Crippen molar-refractivity contribution in [1.82, 2.24) is 19.8 Å². The Hall–Kier alpha value is -2.38. The molecule has 0 unspecified atom stereocenters. The third-order valence-corrected chi connectivity index (χ3v) is 5.05. The Kier molecular flexibility index (Phi) is 4.19. The summed E-state index contributed by atoms with van der Waals surface area (Å²) in [5.74, 6) is -0.139. The van der Waals surface area contributed by atoms with Crippen molar-refractivity contribution >= 4 is 27.9 Å². The molecule has 2 aromatic heterocycles. The van der Waals surface area contributed by atoms with Gasteiger partial charge in [0.25, 0.3) is 0 Å². The summed E-state index contributed by atoms with van der Waals surface area (Å²) < 4.78 is 29.3. The van der Waals surface area contributed by atoms with Crippen molar-refractivity contribution in [2.24, 2.45) is 0 Å². The molecule has 4 nitrogen and oxygen atoms in total. The van der Waals surface area contributed by atoms with E-state index in [1.54, 1.807) is 34.8 Å². The van der Waals surface area contributed by atoms with E-state index in [2.05, 4.69) is 15.3 Å². The lowest BCUT2D eigenvalue weighted by atomic mass is 10.1. The number of benzene rings is 2. The number of rotatable bonds is 4. The van der Waals surface area contributed by atoms with Crippen molar-refractivity contribution in [3.05, 3.63) is 81.1 Å². The molecule has 126 valence electrons. The smallest absolute Gasteiger partial charge is 0.207 e. The summed E-state index contributed by atoms with van der Waals surface area (Å²) in [5, 5.41) is 13.6. The van der Waals surface area contributed by atoms with Crippen molar-refractivity contribution < 1.29 is 8.78 Å². The van der Waals surface area contributed by atoms with Crippen LogP contribution in [0.1, 0.15) is 22.0 Å². The molecule has 4 aromatic rings. The number of halogens is 3. The molecule has 2 heterocycles. The standard InChI is InChI=1S/C17H11ClF2N4S/c18-12-5-3-7-14(20)11(12)9-16-23-24-15(21-22-17(24)25-16)8-10-4-1-2-6-13(10)19/h1-7H,8-9H2. The Bertz CT molecular complexity index is 1040. The first-order chi connectivity index (χ1) is 12.1. The molecule has 4 rings (SSSR count). The van der Waals surface area contributed by atoms with Crippen molar-refractivity contribution in [2.45, 2.75) is 12.8 Å². The van der Waals surface area contributed by atoms with Gasteiger partial charge in [0.15, 0.2) is 5.82 Å². The summed E-state index contributed by atoms with van der Waals surface area (Å²) in [4.78, 5) is 0.578. The van der Waals surface area contributed by atoms with E-state index in [9.17, 15) is 8.78 Å². The highest BCUT2D eigenvalue weighted by atomic mass is 35.5. The maximum Gasteiger partial charge on any atom is 0.234 e. The van der Waals surface area contributed by atoms with Crippen molar-refractivity contribution in [2.75, 3.05) is 0 Å². The number of aromatic nitrogens is 4. The second kappa shape index (κ2) is 6.50. The highest BCUT2D eigenvalue weighted by molar-refractivity contribution is 7.16. The number of nitrogens with zero attached hydrogens (tertiary/aromatic N) is 4. The minimum atomic E-state index is -0.370. The van der Waals surface area contributed by atoms with Crippen LogP contribution < -0.4 is 0 Å². The molecular weight excluding hydrogens is 366 g/mol. The van der Waals surface area contributed by atoms with Gasteiger partial charge in [-0.05, 0) is 23.8 Å². The quantitative estimate of drug-likeness (QED) is 0.533. The zero-order valence-electron chi connectivity index (χ0n) is 12.8. The molecule has 2 aromatic carbocycles. The average molecular weight is 377 g/mol. The summed E-state index contributed by atoms with van der Waals surface area (Å²) in [5.41, 5.74) is 0.910. The number of hydrogen-bond donors (Lipinski definition) is 0. The Labute approximate surface area is 150 Å². The maximum atomic E-state index is 13.9. The van der Waals surface area contributed by atoms with E-state index in [1.807, 2.05) is 0 Å². The highest BCUT2D eigenvalue weighted by Gasteiger charge is 2.16. The van der Waals surface area contributed by atoms with Crippen molar-refractivity contribution in [3.63, 3.8) is 0 Å². The SMILES string of the molecule is Fc1ccccc1Cc1nnc2sc(Cc3c(F)cccc3Cl)nn12. The van der Waals surface area contributed by atoms with E-state index < -0.39 is 0 Å². The summed E-state index contributed by atoms with van der Waals surface area (Å²) in [6.45, 7) is 0. The van der Waals surface area contributed by atoms with E-state index >= 15 is 0 Å². The van der Waals surface area contributed by atoms with Crippen molar-refractivity contribution in [1.29, 1.82) is 0 Å². The van der Waals surface area contributed by atoms with Gasteiger partial charge in [-0.25, -0.2) is 8.78 Å².